The van der Waals surface area contributed by atoms with Gasteiger partial charge in [-0.1, -0.05) is 39.8 Å². The lowest BCUT2D eigenvalue weighted by Crippen LogP contribution is -2.46. The maximum Gasteiger partial charge on any atom is 0.243 e. The summed E-state index contributed by atoms with van der Waals surface area (Å²) in [4.78, 5) is 14.4. The predicted octanol–water partition coefficient (Wildman–Crippen LogP) is 3.01. The molecule has 1 atom stereocenters. The number of benzene rings is 1. The van der Waals surface area contributed by atoms with E-state index in [9.17, 15) is 13.2 Å². The molecular formula is C19H30N2O3S. The largest absolute Gasteiger partial charge is 0.341 e. The van der Waals surface area contributed by atoms with Crippen molar-refractivity contribution in [3.05, 3.63) is 29.8 Å². The van der Waals surface area contributed by atoms with Crippen LogP contribution in [0, 0.1) is 5.92 Å². The van der Waals surface area contributed by atoms with Gasteiger partial charge < -0.3 is 4.90 Å². The number of likely N-dealkylation sites (tertiary alicyclic amines) is 1. The molecule has 0 bridgehead atoms. The lowest BCUT2D eigenvalue weighted by Gasteiger charge is -2.33. The average Bonchev–Trinajstić information content (AvgIpc) is 2.50. The lowest BCUT2D eigenvalue weighted by atomic mass is 9.87. The number of hydrogen-bond acceptors (Lipinski definition) is 3. The maximum absolute atomic E-state index is 12.6. The van der Waals surface area contributed by atoms with Gasteiger partial charge in [-0.25, -0.2) is 8.42 Å². The first kappa shape index (κ1) is 19.8. The Balaban J connectivity index is 2.21. The zero-order valence-electron chi connectivity index (χ0n) is 15.9. The fourth-order valence-electron chi connectivity index (χ4n) is 3.17. The molecule has 1 saturated heterocycles. The molecule has 0 N–H and O–H groups in total. The minimum absolute atomic E-state index is 0.00575. The first-order valence-corrected chi connectivity index (χ1v) is 10.7. The molecule has 0 aromatic heterocycles. The van der Waals surface area contributed by atoms with E-state index < -0.39 is 10.0 Å². The van der Waals surface area contributed by atoms with Gasteiger partial charge in [0.1, 0.15) is 6.54 Å². The molecule has 0 radical (unpaired) electrons. The Bertz CT molecular complexity index is 705. The molecular weight excluding hydrogens is 336 g/mol. The van der Waals surface area contributed by atoms with Gasteiger partial charge >= 0.3 is 0 Å². The Hall–Kier alpha value is -1.56. The van der Waals surface area contributed by atoms with E-state index in [0.717, 1.165) is 24.7 Å². The highest BCUT2D eigenvalue weighted by molar-refractivity contribution is 7.92. The van der Waals surface area contributed by atoms with Gasteiger partial charge in [0.05, 0.1) is 11.9 Å². The van der Waals surface area contributed by atoms with Crippen LogP contribution >= 0.6 is 0 Å². The van der Waals surface area contributed by atoms with Crippen molar-refractivity contribution < 1.29 is 13.2 Å². The zero-order chi connectivity index (χ0) is 18.8. The Kier molecular flexibility index (Phi) is 5.82. The van der Waals surface area contributed by atoms with Crippen LogP contribution in [0.1, 0.15) is 46.1 Å². The first-order valence-electron chi connectivity index (χ1n) is 8.84. The van der Waals surface area contributed by atoms with Crippen molar-refractivity contribution in [1.29, 1.82) is 0 Å². The second-order valence-electron chi connectivity index (χ2n) is 8.15. The Morgan fingerprint density at radius 1 is 1.24 bits per heavy atom. The van der Waals surface area contributed by atoms with E-state index in [4.69, 9.17) is 0 Å². The molecule has 0 aliphatic carbocycles. The smallest absolute Gasteiger partial charge is 0.243 e. The molecule has 25 heavy (non-hydrogen) atoms. The van der Waals surface area contributed by atoms with Crippen molar-refractivity contribution in [2.75, 3.05) is 30.2 Å². The van der Waals surface area contributed by atoms with Gasteiger partial charge in [0.2, 0.25) is 15.9 Å². The quantitative estimate of drug-likeness (QED) is 0.823. The molecule has 5 nitrogen and oxygen atoms in total. The number of nitrogens with zero attached hydrogens (tertiary/aromatic N) is 2. The SMILES string of the molecule is C[C@H]1CCCN(C(=O)CN(c2ccc(C(C)(C)C)cc2)S(C)(=O)=O)C1. The number of hydrogen-bond donors (Lipinski definition) is 0. The van der Waals surface area contributed by atoms with Crippen molar-refractivity contribution in [3.63, 3.8) is 0 Å². The van der Waals surface area contributed by atoms with Crippen LogP contribution in [0.25, 0.3) is 0 Å². The fourth-order valence-corrected chi connectivity index (χ4v) is 4.02. The van der Waals surface area contributed by atoms with E-state index in [1.807, 2.05) is 12.1 Å². The second kappa shape index (κ2) is 7.36. The van der Waals surface area contributed by atoms with E-state index in [1.165, 1.54) is 4.31 Å². The molecule has 1 heterocycles. The summed E-state index contributed by atoms with van der Waals surface area (Å²) >= 11 is 0. The van der Waals surface area contributed by atoms with Crippen molar-refractivity contribution >= 4 is 21.6 Å². The molecule has 1 aromatic rings. The van der Waals surface area contributed by atoms with Crippen molar-refractivity contribution in [3.8, 4) is 0 Å². The van der Waals surface area contributed by atoms with E-state index >= 15 is 0 Å². The predicted molar refractivity (Wildman–Crippen MR) is 102 cm³/mol. The Morgan fingerprint density at radius 3 is 2.32 bits per heavy atom. The van der Waals surface area contributed by atoms with Gasteiger partial charge in [-0.05, 0) is 41.9 Å². The summed E-state index contributed by atoms with van der Waals surface area (Å²) in [5.74, 6) is 0.340. The van der Waals surface area contributed by atoms with Crippen LogP contribution in [-0.2, 0) is 20.2 Å². The number of sulfonamides is 1. The van der Waals surface area contributed by atoms with Crippen LogP contribution in [0.15, 0.2) is 24.3 Å². The fraction of sp³-hybridized carbons (Fsp3) is 0.632. The summed E-state index contributed by atoms with van der Waals surface area (Å²) in [5, 5.41) is 0. The standard InChI is InChI=1S/C19H30N2O3S/c1-15-7-6-12-20(13-15)18(22)14-21(25(5,23)24)17-10-8-16(9-11-17)19(2,3)4/h8-11,15H,6-7,12-14H2,1-5H3/t15-/m0/s1. The van der Waals surface area contributed by atoms with Crippen LogP contribution in [0.2, 0.25) is 0 Å². The Morgan fingerprint density at radius 2 is 1.84 bits per heavy atom. The van der Waals surface area contributed by atoms with Crippen LogP contribution in [0.5, 0.6) is 0 Å². The molecule has 2 rings (SSSR count). The molecule has 1 fully saturated rings. The number of carbonyl (C=O) groups excluding carboxylic acids is 1. The molecule has 140 valence electrons. The highest BCUT2D eigenvalue weighted by Gasteiger charge is 2.27. The van der Waals surface area contributed by atoms with Crippen LogP contribution < -0.4 is 4.31 Å². The number of anilines is 1. The third-order valence-electron chi connectivity index (χ3n) is 4.71. The summed E-state index contributed by atoms with van der Waals surface area (Å²) in [5.41, 5.74) is 1.66. The lowest BCUT2D eigenvalue weighted by molar-refractivity contribution is -0.131. The van der Waals surface area contributed by atoms with Gasteiger partial charge in [0.25, 0.3) is 0 Å². The molecule has 0 unspecified atom stereocenters. The highest BCUT2D eigenvalue weighted by Crippen LogP contribution is 2.26. The number of piperidine rings is 1. The summed E-state index contributed by atoms with van der Waals surface area (Å²) in [6.07, 6.45) is 3.25. The van der Waals surface area contributed by atoms with Crippen LogP contribution in [0.4, 0.5) is 5.69 Å². The summed E-state index contributed by atoms with van der Waals surface area (Å²) in [7, 11) is -3.53. The van der Waals surface area contributed by atoms with Crippen molar-refractivity contribution in [1.82, 2.24) is 4.90 Å². The molecule has 1 aliphatic heterocycles. The van der Waals surface area contributed by atoms with Crippen molar-refractivity contribution in [2.24, 2.45) is 5.92 Å². The highest BCUT2D eigenvalue weighted by atomic mass is 32.2. The molecule has 1 aliphatic rings. The third-order valence-corrected chi connectivity index (χ3v) is 5.85. The molecule has 0 spiro atoms. The summed E-state index contributed by atoms with van der Waals surface area (Å²) in [6.45, 7) is 9.73. The Labute approximate surface area is 152 Å². The van der Waals surface area contributed by atoms with Crippen molar-refractivity contribution in [2.45, 2.75) is 46.0 Å². The van der Waals surface area contributed by atoms with Crippen LogP contribution in [-0.4, -0.2) is 45.1 Å². The molecule has 0 saturated carbocycles. The molecule has 6 heteroatoms. The normalized spacial score (nSPS) is 18.9. The third kappa shape index (κ3) is 5.21. The van der Waals surface area contributed by atoms with Gasteiger partial charge in [-0.2, -0.15) is 0 Å². The van der Waals surface area contributed by atoms with E-state index in [0.29, 0.717) is 24.7 Å². The number of amides is 1. The molecule has 1 amide bonds. The maximum atomic E-state index is 12.6. The molecule has 1 aromatic carbocycles. The van der Waals surface area contributed by atoms with Gasteiger partial charge in [0.15, 0.2) is 0 Å². The second-order valence-corrected chi connectivity index (χ2v) is 10.1. The van der Waals surface area contributed by atoms with Gasteiger partial charge in [-0.3, -0.25) is 9.10 Å². The van der Waals surface area contributed by atoms with Crippen LogP contribution in [0.3, 0.4) is 0 Å². The zero-order valence-corrected chi connectivity index (χ0v) is 16.8. The van der Waals surface area contributed by atoms with E-state index in [-0.39, 0.29) is 17.9 Å². The summed E-state index contributed by atoms with van der Waals surface area (Å²) < 4.78 is 25.7. The minimum Gasteiger partial charge on any atom is -0.341 e. The summed E-state index contributed by atoms with van der Waals surface area (Å²) in [6, 6.07) is 7.43. The average molecular weight is 367 g/mol. The van der Waals surface area contributed by atoms with E-state index in [2.05, 4.69) is 27.7 Å². The topological polar surface area (TPSA) is 57.7 Å². The number of rotatable bonds is 4. The van der Waals surface area contributed by atoms with E-state index in [1.54, 1.807) is 17.0 Å². The first-order chi connectivity index (χ1) is 11.5. The van der Waals surface area contributed by atoms with Gasteiger partial charge in [-0.15, -0.1) is 0 Å². The monoisotopic (exact) mass is 366 g/mol. The minimum atomic E-state index is -3.53. The van der Waals surface area contributed by atoms with Gasteiger partial charge in [0, 0.05) is 13.1 Å². The number of carbonyl (C=O) groups is 1.